The van der Waals surface area contributed by atoms with E-state index in [1.54, 1.807) is 6.07 Å². The Morgan fingerprint density at radius 2 is 2.33 bits per heavy atom. The van der Waals surface area contributed by atoms with E-state index >= 15 is 0 Å². The van der Waals surface area contributed by atoms with Gasteiger partial charge in [-0.15, -0.1) is 0 Å². The summed E-state index contributed by atoms with van der Waals surface area (Å²) in [7, 11) is 0. The van der Waals surface area contributed by atoms with Crippen LogP contribution in [-0.4, -0.2) is 34.3 Å². The molecule has 1 aliphatic heterocycles. The van der Waals surface area contributed by atoms with E-state index in [1.807, 2.05) is 4.90 Å². The second kappa shape index (κ2) is 4.20. The van der Waals surface area contributed by atoms with Gasteiger partial charge >= 0.3 is 0 Å². The van der Waals surface area contributed by atoms with E-state index < -0.39 is 0 Å². The van der Waals surface area contributed by atoms with Gasteiger partial charge in [0.05, 0.1) is 6.10 Å². The Balaban J connectivity index is 2.20. The molecule has 3 N–H and O–H groups in total. The molecule has 1 fully saturated rings. The van der Waals surface area contributed by atoms with Gasteiger partial charge in [-0.05, 0) is 12.8 Å². The van der Waals surface area contributed by atoms with Crippen LogP contribution in [0, 0.1) is 0 Å². The van der Waals surface area contributed by atoms with Crippen LogP contribution in [-0.2, 0) is 0 Å². The number of aliphatic hydroxyl groups excluding tert-OH is 1. The van der Waals surface area contributed by atoms with E-state index in [9.17, 15) is 5.11 Å². The normalized spacial score (nSPS) is 21.7. The van der Waals surface area contributed by atoms with Crippen molar-refractivity contribution in [1.29, 1.82) is 0 Å². The van der Waals surface area contributed by atoms with Crippen molar-refractivity contribution in [3.63, 3.8) is 0 Å². The molecule has 2 rings (SSSR count). The fourth-order valence-corrected chi connectivity index (χ4v) is 1.93. The van der Waals surface area contributed by atoms with Crippen LogP contribution in [0.1, 0.15) is 12.8 Å². The summed E-state index contributed by atoms with van der Waals surface area (Å²) in [6, 6.07) is 1.66. The first-order chi connectivity index (χ1) is 7.15. The highest BCUT2D eigenvalue weighted by Gasteiger charge is 2.19. The SMILES string of the molecule is Nc1nc(Cl)cc(N2CCCC(O)C2)n1. The minimum Gasteiger partial charge on any atom is -0.391 e. The number of piperidine rings is 1. The van der Waals surface area contributed by atoms with Gasteiger partial charge in [0, 0.05) is 19.2 Å². The van der Waals surface area contributed by atoms with Crippen molar-refractivity contribution in [1.82, 2.24) is 9.97 Å². The highest BCUT2D eigenvalue weighted by Crippen LogP contribution is 2.20. The molecule has 15 heavy (non-hydrogen) atoms. The number of anilines is 2. The van der Waals surface area contributed by atoms with Crippen LogP contribution in [0.5, 0.6) is 0 Å². The van der Waals surface area contributed by atoms with Crippen LogP contribution in [0.15, 0.2) is 6.07 Å². The average Bonchev–Trinajstić information content (AvgIpc) is 2.16. The second-order valence-electron chi connectivity index (χ2n) is 3.65. The van der Waals surface area contributed by atoms with E-state index in [0.29, 0.717) is 17.5 Å². The van der Waals surface area contributed by atoms with E-state index in [1.165, 1.54) is 0 Å². The highest BCUT2D eigenvalue weighted by molar-refractivity contribution is 6.29. The topological polar surface area (TPSA) is 75.3 Å². The van der Waals surface area contributed by atoms with E-state index in [0.717, 1.165) is 19.4 Å². The molecule has 1 saturated heterocycles. The summed E-state index contributed by atoms with van der Waals surface area (Å²) in [5, 5.41) is 9.86. The molecule has 0 aromatic carbocycles. The molecule has 2 heterocycles. The third-order valence-corrected chi connectivity index (χ3v) is 2.61. The molecule has 1 aromatic heterocycles. The average molecular weight is 229 g/mol. The number of nitrogens with two attached hydrogens (primary N) is 1. The number of aliphatic hydroxyl groups is 1. The lowest BCUT2D eigenvalue weighted by molar-refractivity contribution is 0.154. The van der Waals surface area contributed by atoms with Crippen LogP contribution >= 0.6 is 11.6 Å². The number of hydrogen-bond donors (Lipinski definition) is 2. The van der Waals surface area contributed by atoms with Gasteiger partial charge in [0.1, 0.15) is 11.0 Å². The van der Waals surface area contributed by atoms with E-state index in [4.69, 9.17) is 17.3 Å². The minimum absolute atomic E-state index is 0.164. The smallest absolute Gasteiger partial charge is 0.223 e. The van der Waals surface area contributed by atoms with Gasteiger partial charge in [-0.2, -0.15) is 4.98 Å². The fraction of sp³-hybridized carbons (Fsp3) is 0.556. The van der Waals surface area contributed by atoms with Gasteiger partial charge in [-0.3, -0.25) is 0 Å². The summed E-state index contributed by atoms with van der Waals surface area (Å²) in [6.45, 7) is 1.44. The van der Waals surface area contributed by atoms with Crippen LogP contribution in [0.25, 0.3) is 0 Å². The summed E-state index contributed by atoms with van der Waals surface area (Å²) in [6.07, 6.45) is 1.49. The Hall–Kier alpha value is -1.07. The Bertz CT molecular complexity index is 340. The molecule has 0 bridgehead atoms. The Morgan fingerprint density at radius 3 is 3.00 bits per heavy atom. The van der Waals surface area contributed by atoms with Crippen LogP contribution in [0.4, 0.5) is 11.8 Å². The molecule has 0 amide bonds. The standard InChI is InChI=1S/C9H13ClN4O/c10-7-4-8(13-9(11)12-7)14-3-1-2-6(15)5-14/h4,6,15H,1-3,5H2,(H2,11,12,13). The van der Waals surface area contributed by atoms with Crippen LogP contribution in [0.3, 0.4) is 0 Å². The van der Waals surface area contributed by atoms with Gasteiger partial charge < -0.3 is 15.7 Å². The lowest BCUT2D eigenvalue weighted by Gasteiger charge is -2.30. The Labute approximate surface area is 92.9 Å². The maximum atomic E-state index is 9.53. The first-order valence-electron chi connectivity index (χ1n) is 4.88. The molecule has 6 heteroatoms. The number of nitrogens with zero attached hydrogens (tertiary/aromatic N) is 3. The van der Waals surface area contributed by atoms with Gasteiger partial charge in [-0.1, -0.05) is 11.6 Å². The summed E-state index contributed by atoms with van der Waals surface area (Å²) in [4.78, 5) is 9.85. The van der Waals surface area contributed by atoms with Gasteiger partial charge in [0.15, 0.2) is 0 Å². The van der Waals surface area contributed by atoms with Crippen molar-refractivity contribution in [3.8, 4) is 0 Å². The zero-order valence-corrected chi connectivity index (χ0v) is 8.98. The summed E-state index contributed by atoms with van der Waals surface area (Å²) in [5.74, 6) is 0.851. The third-order valence-electron chi connectivity index (χ3n) is 2.42. The Kier molecular flexibility index (Phi) is 2.93. The molecular weight excluding hydrogens is 216 g/mol. The quantitative estimate of drug-likeness (QED) is 0.692. The second-order valence-corrected chi connectivity index (χ2v) is 4.04. The molecule has 0 radical (unpaired) electrons. The number of rotatable bonds is 1. The molecule has 0 saturated carbocycles. The lowest BCUT2D eigenvalue weighted by atomic mass is 10.1. The molecule has 0 aliphatic carbocycles. The van der Waals surface area contributed by atoms with Crippen molar-refractivity contribution >= 4 is 23.4 Å². The predicted molar refractivity (Wildman–Crippen MR) is 58.9 cm³/mol. The van der Waals surface area contributed by atoms with Crippen molar-refractivity contribution in [2.75, 3.05) is 23.7 Å². The number of halogens is 1. The maximum absolute atomic E-state index is 9.53. The maximum Gasteiger partial charge on any atom is 0.223 e. The van der Waals surface area contributed by atoms with Crippen LogP contribution in [0.2, 0.25) is 5.15 Å². The van der Waals surface area contributed by atoms with Gasteiger partial charge in [0.25, 0.3) is 0 Å². The molecule has 0 spiro atoms. The van der Waals surface area contributed by atoms with Gasteiger partial charge in [-0.25, -0.2) is 4.98 Å². The minimum atomic E-state index is -0.297. The van der Waals surface area contributed by atoms with Crippen molar-refractivity contribution in [2.24, 2.45) is 0 Å². The molecular formula is C9H13ClN4O. The molecule has 82 valence electrons. The molecule has 1 unspecified atom stereocenters. The molecule has 1 atom stereocenters. The summed E-state index contributed by atoms with van der Waals surface area (Å²) in [5.41, 5.74) is 5.50. The highest BCUT2D eigenvalue weighted by atomic mass is 35.5. The first kappa shape index (κ1) is 10.4. The van der Waals surface area contributed by atoms with Crippen LogP contribution < -0.4 is 10.6 Å². The number of β-amino-alcohol motifs (C(OH)–C–C–N with tert-alkyl or cyclic N) is 1. The number of hydrogen-bond acceptors (Lipinski definition) is 5. The zero-order chi connectivity index (χ0) is 10.8. The zero-order valence-electron chi connectivity index (χ0n) is 8.23. The van der Waals surface area contributed by atoms with Crippen molar-refractivity contribution in [3.05, 3.63) is 11.2 Å². The first-order valence-corrected chi connectivity index (χ1v) is 5.26. The molecule has 1 aliphatic rings. The fourth-order valence-electron chi connectivity index (χ4n) is 1.75. The Morgan fingerprint density at radius 1 is 1.53 bits per heavy atom. The van der Waals surface area contributed by atoms with Gasteiger partial charge in [0.2, 0.25) is 5.95 Å². The van der Waals surface area contributed by atoms with Crippen molar-refractivity contribution < 1.29 is 5.11 Å². The van der Waals surface area contributed by atoms with E-state index in [2.05, 4.69) is 9.97 Å². The third kappa shape index (κ3) is 2.49. The van der Waals surface area contributed by atoms with Crippen molar-refractivity contribution in [2.45, 2.75) is 18.9 Å². The molecule has 5 nitrogen and oxygen atoms in total. The summed E-state index contributed by atoms with van der Waals surface area (Å²) < 4.78 is 0. The summed E-state index contributed by atoms with van der Waals surface area (Å²) >= 11 is 5.79. The van der Waals surface area contributed by atoms with E-state index in [-0.39, 0.29) is 12.1 Å². The lowest BCUT2D eigenvalue weighted by Crippen LogP contribution is -2.38. The monoisotopic (exact) mass is 228 g/mol. The molecule has 1 aromatic rings. The number of aromatic nitrogens is 2. The largest absolute Gasteiger partial charge is 0.391 e. The number of nitrogen functional groups attached to an aromatic ring is 1. The predicted octanol–water partition coefficient (Wildman–Crippen LogP) is 0.673.